The molecule has 0 spiro atoms. The fourth-order valence-corrected chi connectivity index (χ4v) is 6.04. The van der Waals surface area contributed by atoms with Crippen LogP contribution in [0.15, 0.2) is 60.9 Å². The smallest absolute Gasteiger partial charge is 0.178 e. The summed E-state index contributed by atoms with van der Waals surface area (Å²) < 4.78 is 0. The van der Waals surface area contributed by atoms with Crippen molar-refractivity contribution in [3.05, 3.63) is 72.1 Å². The van der Waals surface area contributed by atoms with Crippen LogP contribution >= 0.6 is 0 Å². The molecule has 1 aliphatic carbocycles. The molecule has 0 radical (unpaired) electrons. The third-order valence-electron chi connectivity index (χ3n) is 7.47. The van der Waals surface area contributed by atoms with E-state index >= 15 is 0 Å². The van der Waals surface area contributed by atoms with Gasteiger partial charge in [-0.1, -0.05) is 77.9 Å². The van der Waals surface area contributed by atoms with E-state index in [1.807, 2.05) is 40.1 Å². The molecule has 1 aromatic heterocycles. The van der Waals surface area contributed by atoms with Gasteiger partial charge >= 0.3 is 0 Å². The van der Waals surface area contributed by atoms with E-state index in [1.165, 1.54) is 28.9 Å². The molecule has 0 amide bonds. The molecule has 1 fully saturated rings. The van der Waals surface area contributed by atoms with Crippen LogP contribution in [0.3, 0.4) is 0 Å². The van der Waals surface area contributed by atoms with Crippen molar-refractivity contribution < 1.29 is 0 Å². The summed E-state index contributed by atoms with van der Waals surface area (Å²) in [6.45, 7) is 15.0. The number of aromatic nitrogens is 2. The van der Waals surface area contributed by atoms with Gasteiger partial charge in [-0.3, -0.25) is 0 Å². The van der Waals surface area contributed by atoms with E-state index in [4.69, 9.17) is 9.97 Å². The second-order valence-corrected chi connectivity index (χ2v) is 8.65. The Bertz CT molecular complexity index is 1110. The molecule has 3 atom stereocenters. The van der Waals surface area contributed by atoms with Gasteiger partial charge < -0.3 is 9.80 Å². The second kappa shape index (κ2) is 8.23. The molecule has 4 heteroatoms. The summed E-state index contributed by atoms with van der Waals surface area (Å²) in [4.78, 5) is 14.5. The number of anilines is 4. The topological polar surface area (TPSA) is 32.3 Å². The molecule has 0 saturated heterocycles. The van der Waals surface area contributed by atoms with Crippen LogP contribution in [0.5, 0.6) is 0 Å². The van der Waals surface area contributed by atoms with E-state index in [9.17, 15) is 0 Å². The van der Waals surface area contributed by atoms with Crippen LogP contribution < -0.4 is 9.80 Å². The highest BCUT2D eigenvalue weighted by molar-refractivity contribution is 5.88. The Morgan fingerprint density at radius 2 is 1.38 bits per heavy atom. The molecule has 1 saturated carbocycles. The first-order chi connectivity index (χ1) is 15.6. The summed E-state index contributed by atoms with van der Waals surface area (Å²) in [6.07, 6.45) is 6.18. The van der Waals surface area contributed by atoms with Gasteiger partial charge in [-0.2, -0.15) is 0 Å². The van der Waals surface area contributed by atoms with Gasteiger partial charge in [-0.05, 0) is 43.0 Å². The lowest BCUT2D eigenvalue weighted by Crippen LogP contribution is -2.50. The normalized spacial score (nSPS) is 25.8. The van der Waals surface area contributed by atoms with Gasteiger partial charge in [0.2, 0.25) is 0 Å². The van der Waals surface area contributed by atoms with Crippen molar-refractivity contribution in [3.63, 3.8) is 0 Å². The minimum Gasteiger partial charge on any atom is -0.301 e. The Hall–Kier alpha value is -2.88. The third-order valence-corrected chi connectivity index (χ3v) is 7.47. The van der Waals surface area contributed by atoms with Gasteiger partial charge in [0, 0.05) is 34.6 Å². The zero-order chi connectivity index (χ0) is 23.1. The maximum absolute atomic E-state index is 4.81. The number of fused-ring (bicyclic) bond motifs is 8. The van der Waals surface area contributed by atoms with E-state index in [2.05, 4.69) is 79.1 Å². The van der Waals surface area contributed by atoms with Crippen LogP contribution in [0.1, 0.15) is 65.5 Å². The summed E-state index contributed by atoms with van der Waals surface area (Å²) >= 11 is 0. The number of hydrogen-bond acceptors (Lipinski definition) is 4. The summed E-state index contributed by atoms with van der Waals surface area (Å²) in [6, 6.07) is 17.6. The fourth-order valence-electron chi connectivity index (χ4n) is 6.04. The third kappa shape index (κ3) is 2.74. The fraction of sp³-hybridized carbons (Fsp3) is 0.429. The van der Waals surface area contributed by atoms with E-state index in [0.717, 1.165) is 18.1 Å². The number of benzene rings is 2. The van der Waals surface area contributed by atoms with Crippen molar-refractivity contribution in [1.82, 2.24) is 9.97 Å². The maximum atomic E-state index is 4.81. The maximum Gasteiger partial charge on any atom is 0.178 e. The quantitative estimate of drug-likeness (QED) is 0.422. The van der Waals surface area contributed by atoms with Gasteiger partial charge in [0.15, 0.2) is 11.6 Å². The molecule has 3 unspecified atom stereocenters. The molecule has 2 aromatic carbocycles. The van der Waals surface area contributed by atoms with Crippen LogP contribution in [0.25, 0.3) is 0 Å². The lowest BCUT2D eigenvalue weighted by Gasteiger charge is -2.45. The van der Waals surface area contributed by atoms with E-state index < -0.39 is 0 Å². The van der Waals surface area contributed by atoms with Gasteiger partial charge in [0.1, 0.15) is 6.17 Å². The Morgan fingerprint density at radius 3 is 1.97 bits per heavy atom. The highest BCUT2D eigenvalue weighted by Crippen LogP contribution is 2.76. The average molecular weight is 429 g/mol. The summed E-state index contributed by atoms with van der Waals surface area (Å²) in [5.41, 5.74) is 5.65. The Labute approximate surface area is 193 Å². The predicted molar refractivity (Wildman–Crippen MR) is 135 cm³/mol. The van der Waals surface area contributed by atoms with Crippen molar-refractivity contribution in [2.75, 3.05) is 9.80 Å². The van der Waals surface area contributed by atoms with E-state index in [0.29, 0.717) is 0 Å². The monoisotopic (exact) mass is 428 g/mol. The van der Waals surface area contributed by atoms with E-state index in [-0.39, 0.29) is 17.0 Å². The molecule has 0 bridgehead atoms. The standard InChI is InChI=1S/C24H24N4.2C2H6/c1-4-24-15-23(24,3)22-27(18-11-7-5-9-16(18)2)20-21(26-14-13-25-20)28(22)19-12-8-6-10-17(19)24;2*1-2/h5-14,22H,4,15H2,1-3H3;2*1-2H3. The molecular weight excluding hydrogens is 392 g/mol. The minimum absolute atomic E-state index is 0.154. The summed E-state index contributed by atoms with van der Waals surface area (Å²) in [7, 11) is 0. The van der Waals surface area contributed by atoms with Gasteiger partial charge in [-0.15, -0.1) is 0 Å². The number of para-hydroxylation sites is 2. The predicted octanol–water partition coefficient (Wildman–Crippen LogP) is 7.52. The second-order valence-electron chi connectivity index (χ2n) is 8.65. The first-order valence-electron chi connectivity index (χ1n) is 12.2. The van der Waals surface area contributed by atoms with Crippen LogP contribution in [0, 0.1) is 12.3 Å². The molecule has 168 valence electrons. The number of hydrogen-bond donors (Lipinski definition) is 0. The van der Waals surface area contributed by atoms with Crippen molar-refractivity contribution in [1.29, 1.82) is 0 Å². The zero-order valence-electron chi connectivity index (χ0n) is 20.6. The van der Waals surface area contributed by atoms with E-state index in [1.54, 1.807) is 0 Å². The van der Waals surface area contributed by atoms with Crippen molar-refractivity contribution in [3.8, 4) is 0 Å². The Balaban J connectivity index is 0.000000582. The largest absolute Gasteiger partial charge is 0.301 e. The molecule has 2 aliphatic heterocycles. The number of rotatable bonds is 2. The Kier molecular flexibility index (Phi) is 5.74. The molecule has 4 nitrogen and oxygen atoms in total. The van der Waals surface area contributed by atoms with Crippen LogP contribution in [-0.2, 0) is 5.41 Å². The molecule has 3 aromatic rings. The van der Waals surface area contributed by atoms with Crippen LogP contribution in [0.2, 0.25) is 0 Å². The lowest BCUT2D eigenvalue weighted by atomic mass is 9.78. The number of nitrogens with zero attached hydrogens (tertiary/aromatic N) is 4. The Morgan fingerprint density at radius 1 is 0.844 bits per heavy atom. The van der Waals surface area contributed by atoms with Crippen molar-refractivity contribution in [2.45, 2.75) is 72.9 Å². The zero-order valence-corrected chi connectivity index (χ0v) is 20.6. The molecule has 3 heterocycles. The van der Waals surface area contributed by atoms with Crippen LogP contribution in [-0.4, -0.2) is 16.1 Å². The highest BCUT2D eigenvalue weighted by Gasteiger charge is 2.74. The molecule has 32 heavy (non-hydrogen) atoms. The summed E-state index contributed by atoms with van der Waals surface area (Å²) in [5, 5.41) is 0. The summed E-state index contributed by atoms with van der Waals surface area (Å²) in [5.74, 6) is 1.94. The molecular formula is C28H36N4. The van der Waals surface area contributed by atoms with Gasteiger partial charge in [0.25, 0.3) is 0 Å². The van der Waals surface area contributed by atoms with Crippen molar-refractivity contribution in [2.24, 2.45) is 5.41 Å². The highest BCUT2D eigenvalue weighted by atomic mass is 15.5. The number of aryl methyl sites for hydroxylation is 1. The molecule has 3 aliphatic rings. The SMILES string of the molecule is CC.CC.CCC12CC1(C)C1N(c3ccccc3C)c3nccnc3N1c1ccccc12. The first-order valence-corrected chi connectivity index (χ1v) is 12.2. The average Bonchev–Trinajstić information content (AvgIpc) is 3.36. The van der Waals surface area contributed by atoms with Crippen molar-refractivity contribution >= 4 is 23.0 Å². The van der Waals surface area contributed by atoms with Crippen LogP contribution in [0.4, 0.5) is 23.0 Å². The van der Waals surface area contributed by atoms with Gasteiger partial charge in [-0.25, -0.2) is 9.97 Å². The minimum atomic E-state index is 0.154. The molecule has 0 N–H and O–H groups in total. The lowest BCUT2D eigenvalue weighted by molar-refractivity contribution is 0.351. The first kappa shape index (κ1) is 22.3. The molecule has 6 rings (SSSR count). The van der Waals surface area contributed by atoms with Gasteiger partial charge in [0.05, 0.1) is 0 Å².